The average Bonchev–Trinajstić information content (AvgIpc) is 3.09. The molecule has 1 atom stereocenters. The second-order valence-electron chi connectivity index (χ2n) is 5.24. The second kappa shape index (κ2) is 6.53. The Labute approximate surface area is 129 Å². The van der Waals surface area contributed by atoms with Gasteiger partial charge in [-0.15, -0.1) is 0 Å². The minimum atomic E-state index is -0.00158. The summed E-state index contributed by atoms with van der Waals surface area (Å²) in [5.41, 5.74) is 0.607. The highest BCUT2D eigenvalue weighted by molar-refractivity contribution is 5.94. The number of ether oxygens (including phenoxy) is 1. The first kappa shape index (κ1) is 14.5. The number of hydrogen-bond donors (Lipinski definition) is 1. The van der Waals surface area contributed by atoms with Gasteiger partial charge in [-0.05, 0) is 31.2 Å². The van der Waals surface area contributed by atoms with Crippen LogP contribution in [0, 0.1) is 0 Å². The Hall–Kier alpha value is -2.47. The number of amides is 1. The SMILES string of the molecule is CN(C(=O)c1cccc(Oc2cnccn2)c1)C1CCNC1. The van der Waals surface area contributed by atoms with Crippen molar-refractivity contribution in [2.75, 3.05) is 20.1 Å². The molecule has 0 radical (unpaired) electrons. The van der Waals surface area contributed by atoms with E-state index in [-0.39, 0.29) is 11.9 Å². The molecule has 2 aromatic rings. The van der Waals surface area contributed by atoms with E-state index in [4.69, 9.17) is 4.74 Å². The maximum Gasteiger partial charge on any atom is 0.254 e. The third-order valence-electron chi connectivity index (χ3n) is 3.75. The summed E-state index contributed by atoms with van der Waals surface area (Å²) in [6.45, 7) is 1.80. The van der Waals surface area contributed by atoms with Crippen LogP contribution >= 0.6 is 0 Å². The van der Waals surface area contributed by atoms with E-state index in [1.807, 2.05) is 7.05 Å². The van der Waals surface area contributed by atoms with Crippen molar-refractivity contribution in [1.29, 1.82) is 0 Å². The van der Waals surface area contributed by atoms with E-state index in [1.165, 1.54) is 6.20 Å². The van der Waals surface area contributed by atoms with Crippen LogP contribution in [0.5, 0.6) is 11.6 Å². The predicted octanol–water partition coefficient (Wildman–Crippen LogP) is 1.70. The van der Waals surface area contributed by atoms with Crippen molar-refractivity contribution < 1.29 is 9.53 Å². The summed E-state index contributed by atoms with van der Waals surface area (Å²) in [6, 6.07) is 7.38. The van der Waals surface area contributed by atoms with Gasteiger partial charge in [-0.1, -0.05) is 6.07 Å². The normalized spacial score (nSPS) is 17.2. The molecule has 1 aromatic carbocycles. The molecule has 1 unspecified atom stereocenters. The molecule has 1 amide bonds. The smallest absolute Gasteiger partial charge is 0.254 e. The predicted molar refractivity (Wildman–Crippen MR) is 81.9 cm³/mol. The molecule has 114 valence electrons. The first-order chi connectivity index (χ1) is 10.7. The molecule has 6 nitrogen and oxygen atoms in total. The Bertz CT molecular complexity index is 642. The lowest BCUT2D eigenvalue weighted by Gasteiger charge is -2.24. The Morgan fingerprint density at radius 2 is 2.32 bits per heavy atom. The van der Waals surface area contributed by atoms with E-state index < -0.39 is 0 Å². The van der Waals surface area contributed by atoms with Gasteiger partial charge in [0.1, 0.15) is 5.75 Å². The first-order valence-electron chi connectivity index (χ1n) is 7.26. The van der Waals surface area contributed by atoms with Crippen LogP contribution in [0.4, 0.5) is 0 Å². The van der Waals surface area contributed by atoms with Crippen LogP contribution in [0.1, 0.15) is 16.8 Å². The molecule has 0 saturated carbocycles. The molecule has 0 aliphatic carbocycles. The van der Waals surface area contributed by atoms with Crippen LogP contribution in [0.15, 0.2) is 42.9 Å². The molecule has 1 N–H and O–H groups in total. The summed E-state index contributed by atoms with van der Waals surface area (Å²) < 4.78 is 5.62. The fourth-order valence-electron chi connectivity index (χ4n) is 2.49. The topological polar surface area (TPSA) is 67.4 Å². The largest absolute Gasteiger partial charge is 0.437 e. The molecule has 1 aromatic heterocycles. The number of rotatable bonds is 4. The summed E-state index contributed by atoms with van der Waals surface area (Å²) in [5.74, 6) is 0.975. The molecule has 22 heavy (non-hydrogen) atoms. The first-order valence-corrected chi connectivity index (χ1v) is 7.26. The monoisotopic (exact) mass is 298 g/mol. The molecule has 2 heterocycles. The fraction of sp³-hybridized carbons (Fsp3) is 0.312. The van der Waals surface area contributed by atoms with Crippen molar-refractivity contribution in [3.05, 3.63) is 48.4 Å². The summed E-state index contributed by atoms with van der Waals surface area (Å²) in [7, 11) is 1.84. The molecule has 0 bridgehead atoms. The van der Waals surface area contributed by atoms with Crippen LogP contribution in [0.25, 0.3) is 0 Å². The number of carbonyl (C=O) groups is 1. The molecule has 1 saturated heterocycles. The van der Waals surface area contributed by atoms with Gasteiger partial charge in [-0.2, -0.15) is 0 Å². The van der Waals surface area contributed by atoms with Gasteiger partial charge >= 0.3 is 0 Å². The molecular weight excluding hydrogens is 280 g/mol. The van der Waals surface area contributed by atoms with Gasteiger partial charge in [-0.25, -0.2) is 4.98 Å². The Morgan fingerprint density at radius 3 is 3.05 bits per heavy atom. The maximum absolute atomic E-state index is 12.6. The number of benzene rings is 1. The molecule has 6 heteroatoms. The zero-order chi connectivity index (χ0) is 15.4. The van der Waals surface area contributed by atoms with E-state index in [2.05, 4.69) is 15.3 Å². The fourth-order valence-corrected chi connectivity index (χ4v) is 2.49. The van der Waals surface area contributed by atoms with Crippen molar-refractivity contribution >= 4 is 5.91 Å². The quantitative estimate of drug-likeness (QED) is 0.930. The summed E-state index contributed by atoms with van der Waals surface area (Å²) >= 11 is 0. The van der Waals surface area contributed by atoms with Gasteiger partial charge in [0.25, 0.3) is 5.91 Å². The van der Waals surface area contributed by atoms with Crippen LogP contribution in [-0.4, -0.2) is 47.0 Å². The number of carbonyl (C=O) groups excluding carboxylic acids is 1. The van der Waals surface area contributed by atoms with Crippen LogP contribution in [-0.2, 0) is 0 Å². The van der Waals surface area contributed by atoms with Crippen molar-refractivity contribution in [3.8, 4) is 11.6 Å². The van der Waals surface area contributed by atoms with Gasteiger partial charge in [0.2, 0.25) is 5.88 Å². The van der Waals surface area contributed by atoms with Crippen LogP contribution in [0.2, 0.25) is 0 Å². The maximum atomic E-state index is 12.6. The van der Waals surface area contributed by atoms with Crippen molar-refractivity contribution in [2.45, 2.75) is 12.5 Å². The Morgan fingerprint density at radius 1 is 1.41 bits per heavy atom. The molecule has 1 fully saturated rings. The van der Waals surface area contributed by atoms with E-state index >= 15 is 0 Å². The number of nitrogens with one attached hydrogen (secondary N) is 1. The zero-order valence-corrected chi connectivity index (χ0v) is 12.4. The van der Waals surface area contributed by atoms with Crippen LogP contribution in [0.3, 0.4) is 0 Å². The highest BCUT2D eigenvalue weighted by Gasteiger charge is 2.24. The van der Waals surface area contributed by atoms with E-state index in [0.29, 0.717) is 17.2 Å². The molecular formula is C16H18N4O2. The van der Waals surface area contributed by atoms with E-state index in [9.17, 15) is 4.79 Å². The molecule has 3 rings (SSSR count). The standard InChI is InChI=1S/C16H18N4O2/c1-20(13-5-6-17-10-13)16(21)12-3-2-4-14(9-12)22-15-11-18-7-8-19-15/h2-4,7-9,11,13,17H,5-6,10H2,1H3. The third-order valence-corrected chi connectivity index (χ3v) is 3.75. The van der Waals surface area contributed by atoms with Crippen molar-refractivity contribution in [1.82, 2.24) is 20.2 Å². The van der Waals surface area contributed by atoms with Gasteiger partial charge in [0.15, 0.2) is 0 Å². The number of likely N-dealkylation sites (N-methyl/N-ethyl adjacent to an activating group) is 1. The number of aromatic nitrogens is 2. The summed E-state index contributed by atoms with van der Waals surface area (Å²) in [4.78, 5) is 22.4. The highest BCUT2D eigenvalue weighted by atomic mass is 16.5. The lowest BCUT2D eigenvalue weighted by Crippen LogP contribution is -2.38. The minimum Gasteiger partial charge on any atom is -0.437 e. The average molecular weight is 298 g/mol. The molecule has 0 spiro atoms. The van der Waals surface area contributed by atoms with Crippen molar-refractivity contribution in [3.63, 3.8) is 0 Å². The number of nitrogens with zero attached hydrogens (tertiary/aromatic N) is 3. The van der Waals surface area contributed by atoms with E-state index in [1.54, 1.807) is 41.6 Å². The van der Waals surface area contributed by atoms with Gasteiger partial charge in [0, 0.05) is 37.6 Å². The zero-order valence-electron chi connectivity index (χ0n) is 12.4. The second-order valence-corrected chi connectivity index (χ2v) is 5.24. The van der Waals surface area contributed by atoms with Crippen LogP contribution < -0.4 is 10.1 Å². The Balaban J connectivity index is 1.74. The summed E-state index contributed by atoms with van der Waals surface area (Å²) in [5, 5.41) is 3.27. The lowest BCUT2D eigenvalue weighted by atomic mass is 10.1. The summed E-state index contributed by atoms with van der Waals surface area (Å²) in [6.07, 6.45) is 5.66. The minimum absolute atomic E-state index is 0.00158. The van der Waals surface area contributed by atoms with E-state index in [0.717, 1.165) is 19.5 Å². The highest BCUT2D eigenvalue weighted by Crippen LogP contribution is 2.21. The lowest BCUT2D eigenvalue weighted by molar-refractivity contribution is 0.0743. The van der Waals surface area contributed by atoms with Crippen molar-refractivity contribution in [2.24, 2.45) is 0 Å². The van der Waals surface area contributed by atoms with Gasteiger partial charge in [-0.3, -0.25) is 9.78 Å². The third kappa shape index (κ3) is 3.23. The molecule has 1 aliphatic heterocycles. The van der Waals surface area contributed by atoms with Gasteiger partial charge in [0.05, 0.1) is 6.20 Å². The molecule has 1 aliphatic rings. The Kier molecular flexibility index (Phi) is 4.29. The number of hydrogen-bond acceptors (Lipinski definition) is 5. The van der Waals surface area contributed by atoms with Gasteiger partial charge < -0.3 is 15.0 Å².